The summed E-state index contributed by atoms with van der Waals surface area (Å²) in [4.78, 5) is 24.8. The Balaban J connectivity index is 1.55. The van der Waals surface area contributed by atoms with E-state index in [0.29, 0.717) is 32.0 Å². The number of carbonyl (C=O) groups is 1. The van der Waals surface area contributed by atoms with Crippen LogP contribution < -0.4 is 10.2 Å². The topological polar surface area (TPSA) is 81.6 Å². The first-order chi connectivity index (χ1) is 10.1. The minimum Gasteiger partial charge on any atom is -0.392 e. The van der Waals surface area contributed by atoms with Crippen molar-refractivity contribution < 1.29 is 9.90 Å². The molecular formula is C13H18BrN5O2. The molecule has 2 N–H and O–H groups in total. The Morgan fingerprint density at radius 1 is 1.29 bits per heavy atom. The second kappa shape index (κ2) is 6.25. The number of hydrogen-bond donors (Lipinski definition) is 2. The molecule has 0 bridgehead atoms. The molecule has 0 aliphatic carbocycles. The van der Waals surface area contributed by atoms with Crippen LogP contribution >= 0.6 is 15.9 Å². The Morgan fingerprint density at radius 2 is 1.95 bits per heavy atom. The van der Waals surface area contributed by atoms with Gasteiger partial charge in [-0.3, -0.25) is 4.79 Å². The van der Waals surface area contributed by atoms with Gasteiger partial charge in [0.25, 0.3) is 0 Å². The molecule has 21 heavy (non-hydrogen) atoms. The van der Waals surface area contributed by atoms with E-state index in [1.54, 1.807) is 12.4 Å². The second-order valence-corrected chi connectivity index (χ2v) is 6.28. The summed E-state index contributed by atoms with van der Waals surface area (Å²) >= 11 is 3.32. The monoisotopic (exact) mass is 355 g/mol. The largest absolute Gasteiger partial charge is 0.392 e. The standard InChI is InChI=1S/C13H18BrN5O2/c14-9-6-16-13(17-7-9)19-3-1-18(2-4-19)12(21)11-5-10(20)8-15-11/h6-7,10-11,15,20H,1-5,8H2. The molecule has 0 aromatic carbocycles. The third-order valence-electron chi connectivity index (χ3n) is 3.89. The number of carbonyl (C=O) groups excluding carboxylic acids is 1. The van der Waals surface area contributed by atoms with Gasteiger partial charge in [0.05, 0.1) is 16.6 Å². The molecule has 2 aliphatic heterocycles. The first kappa shape index (κ1) is 14.7. The third-order valence-corrected chi connectivity index (χ3v) is 4.30. The predicted molar refractivity (Wildman–Crippen MR) is 80.9 cm³/mol. The average molecular weight is 356 g/mol. The molecule has 2 atom stereocenters. The molecule has 0 saturated carbocycles. The van der Waals surface area contributed by atoms with Crippen molar-refractivity contribution in [1.29, 1.82) is 0 Å². The fraction of sp³-hybridized carbons (Fsp3) is 0.615. The number of nitrogens with one attached hydrogen (secondary N) is 1. The molecule has 1 aromatic rings. The maximum Gasteiger partial charge on any atom is 0.239 e. The van der Waals surface area contributed by atoms with Crippen LogP contribution in [-0.2, 0) is 4.79 Å². The fourth-order valence-corrected chi connectivity index (χ4v) is 2.93. The number of aromatic nitrogens is 2. The van der Waals surface area contributed by atoms with Crippen LogP contribution in [-0.4, -0.2) is 70.8 Å². The van der Waals surface area contributed by atoms with Crippen LogP contribution in [0.1, 0.15) is 6.42 Å². The number of aliphatic hydroxyl groups is 1. The highest BCUT2D eigenvalue weighted by molar-refractivity contribution is 9.10. The van der Waals surface area contributed by atoms with E-state index >= 15 is 0 Å². The highest BCUT2D eigenvalue weighted by Crippen LogP contribution is 2.15. The fourth-order valence-electron chi connectivity index (χ4n) is 2.72. The Kier molecular flexibility index (Phi) is 4.37. The summed E-state index contributed by atoms with van der Waals surface area (Å²) in [7, 11) is 0. The van der Waals surface area contributed by atoms with Gasteiger partial charge in [-0.15, -0.1) is 0 Å². The maximum absolute atomic E-state index is 12.3. The Labute approximate surface area is 131 Å². The zero-order valence-corrected chi connectivity index (χ0v) is 13.2. The van der Waals surface area contributed by atoms with Gasteiger partial charge in [-0.05, 0) is 22.4 Å². The number of amides is 1. The molecule has 3 heterocycles. The normalized spacial score (nSPS) is 26.2. The van der Waals surface area contributed by atoms with E-state index in [-0.39, 0.29) is 11.9 Å². The molecule has 2 unspecified atom stereocenters. The van der Waals surface area contributed by atoms with Gasteiger partial charge in [-0.25, -0.2) is 9.97 Å². The van der Waals surface area contributed by atoms with Crippen molar-refractivity contribution in [2.75, 3.05) is 37.6 Å². The third kappa shape index (κ3) is 3.33. The lowest BCUT2D eigenvalue weighted by Gasteiger charge is -2.35. The maximum atomic E-state index is 12.3. The average Bonchev–Trinajstić information content (AvgIpc) is 2.94. The molecule has 8 heteroatoms. The first-order valence-corrected chi connectivity index (χ1v) is 7.85. The van der Waals surface area contributed by atoms with Crippen LogP contribution in [0.5, 0.6) is 0 Å². The lowest BCUT2D eigenvalue weighted by atomic mass is 10.1. The van der Waals surface area contributed by atoms with Gasteiger partial charge < -0.3 is 20.2 Å². The quantitative estimate of drug-likeness (QED) is 0.751. The number of β-amino-alcohol motifs (C(OH)–C–C–N with tert-alkyl or cyclic N) is 1. The summed E-state index contributed by atoms with van der Waals surface area (Å²) in [6.45, 7) is 3.27. The molecule has 0 radical (unpaired) electrons. The van der Waals surface area contributed by atoms with Crippen molar-refractivity contribution in [3.05, 3.63) is 16.9 Å². The molecule has 0 spiro atoms. The van der Waals surface area contributed by atoms with Crippen molar-refractivity contribution >= 4 is 27.8 Å². The molecular weight excluding hydrogens is 338 g/mol. The lowest BCUT2D eigenvalue weighted by Crippen LogP contribution is -2.53. The smallest absolute Gasteiger partial charge is 0.239 e. The summed E-state index contributed by atoms with van der Waals surface area (Å²) in [6.07, 6.45) is 3.55. The van der Waals surface area contributed by atoms with Crippen LogP contribution in [0.3, 0.4) is 0 Å². The van der Waals surface area contributed by atoms with Crippen molar-refractivity contribution in [2.24, 2.45) is 0 Å². The molecule has 2 aliphatic rings. The molecule has 7 nitrogen and oxygen atoms in total. The van der Waals surface area contributed by atoms with E-state index in [2.05, 4.69) is 36.1 Å². The van der Waals surface area contributed by atoms with Crippen LogP contribution in [0.15, 0.2) is 16.9 Å². The summed E-state index contributed by atoms with van der Waals surface area (Å²) in [5.74, 6) is 0.780. The molecule has 2 fully saturated rings. The van der Waals surface area contributed by atoms with Gasteiger partial charge in [0.15, 0.2) is 0 Å². The SMILES string of the molecule is O=C(C1CC(O)CN1)N1CCN(c2ncc(Br)cn2)CC1. The molecule has 3 rings (SSSR count). The Hall–Kier alpha value is -1.25. The number of hydrogen-bond acceptors (Lipinski definition) is 6. The highest BCUT2D eigenvalue weighted by Gasteiger charge is 2.32. The number of rotatable bonds is 2. The minimum atomic E-state index is -0.406. The van der Waals surface area contributed by atoms with Gasteiger partial charge in [-0.2, -0.15) is 0 Å². The van der Waals surface area contributed by atoms with E-state index in [1.165, 1.54) is 0 Å². The summed E-state index contributed by atoms with van der Waals surface area (Å²) in [6, 6.07) is -0.240. The van der Waals surface area contributed by atoms with E-state index in [0.717, 1.165) is 17.6 Å². The second-order valence-electron chi connectivity index (χ2n) is 5.36. The number of anilines is 1. The first-order valence-electron chi connectivity index (χ1n) is 7.06. The predicted octanol–water partition coefficient (Wildman–Crippen LogP) is -0.389. The van der Waals surface area contributed by atoms with Crippen LogP contribution in [0.2, 0.25) is 0 Å². The molecule has 1 amide bonds. The summed E-state index contributed by atoms with van der Waals surface area (Å²) in [5, 5.41) is 12.6. The van der Waals surface area contributed by atoms with Gasteiger partial charge in [0.2, 0.25) is 11.9 Å². The zero-order chi connectivity index (χ0) is 14.8. The highest BCUT2D eigenvalue weighted by atomic mass is 79.9. The number of aliphatic hydroxyl groups excluding tert-OH is 1. The van der Waals surface area contributed by atoms with Crippen LogP contribution in [0, 0.1) is 0 Å². The lowest BCUT2D eigenvalue weighted by molar-refractivity contribution is -0.133. The van der Waals surface area contributed by atoms with Gasteiger partial charge in [-0.1, -0.05) is 0 Å². The summed E-state index contributed by atoms with van der Waals surface area (Å²) < 4.78 is 0.853. The Morgan fingerprint density at radius 3 is 2.52 bits per heavy atom. The van der Waals surface area contributed by atoms with Crippen molar-refractivity contribution in [3.63, 3.8) is 0 Å². The van der Waals surface area contributed by atoms with Crippen LogP contribution in [0.4, 0.5) is 5.95 Å². The van der Waals surface area contributed by atoms with Gasteiger partial charge >= 0.3 is 0 Å². The number of nitrogens with zero attached hydrogens (tertiary/aromatic N) is 4. The summed E-state index contributed by atoms with van der Waals surface area (Å²) in [5.41, 5.74) is 0. The van der Waals surface area contributed by atoms with E-state index in [4.69, 9.17) is 0 Å². The zero-order valence-electron chi connectivity index (χ0n) is 11.6. The van der Waals surface area contributed by atoms with Gasteiger partial charge in [0.1, 0.15) is 0 Å². The van der Waals surface area contributed by atoms with E-state index < -0.39 is 6.10 Å². The molecule has 114 valence electrons. The number of halogens is 1. The van der Waals surface area contributed by atoms with Crippen molar-refractivity contribution in [3.8, 4) is 0 Å². The van der Waals surface area contributed by atoms with Crippen molar-refractivity contribution in [2.45, 2.75) is 18.6 Å². The van der Waals surface area contributed by atoms with E-state index in [1.807, 2.05) is 4.90 Å². The molecule has 2 saturated heterocycles. The number of piperazine rings is 1. The Bertz CT molecular complexity index is 504. The minimum absolute atomic E-state index is 0.0860. The van der Waals surface area contributed by atoms with Gasteiger partial charge in [0, 0.05) is 45.1 Å². The molecule has 1 aromatic heterocycles. The van der Waals surface area contributed by atoms with E-state index in [9.17, 15) is 9.90 Å². The van der Waals surface area contributed by atoms with Crippen molar-refractivity contribution in [1.82, 2.24) is 20.2 Å². The van der Waals surface area contributed by atoms with Crippen LogP contribution in [0.25, 0.3) is 0 Å².